The van der Waals surface area contributed by atoms with Gasteiger partial charge in [0, 0.05) is 0 Å². The second-order valence-corrected chi connectivity index (χ2v) is 2.54. The molecule has 0 aliphatic rings. The summed E-state index contributed by atoms with van der Waals surface area (Å²) in [5, 5.41) is 9.30. The molecule has 1 atom stereocenters. The van der Waals surface area contributed by atoms with Crippen LogP contribution in [0.3, 0.4) is 0 Å². The van der Waals surface area contributed by atoms with E-state index in [-0.39, 0.29) is 5.92 Å². The zero-order chi connectivity index (χ0) is 8.85. The van der Waals surface area contributed by atoms with Gasteiger partial charge in [-0.3, -0.25) is 0 Å². The van der Waals surface area contributed by atoms with Crippen LogP contribution in [-0.4, -0.2) is 24.3 Å². The summed E-state index contributed by atoms with van der Waals surface area (Å²) in [6.07, 6.45) is 0.648. The third kappa shape index (κ3) is 2.89. The number of esters is 1. The molecule has 0 aromatic heterocycles. The molecular formula is C8H16O3. The van der Waals surface area contributed by atoms with E-state index in [9.17, 15) is 9.90 Å². The Morgan fingerprint density at radius 2 is 1.91 bits per heavy atom. The van der Waals surface area contributed by atoms with Crippen LogP contribution in [0.1, 0.15) is 26.7 Å². The van der Waals surface area contributed by atoms with Gasteiger partial charge >= 0.3 is 5.97 Å². The van der Waals surface area contributed by atoms with Crippen LogP contribution in [0.15, 0.2) is 0 Å². The number of carbonyl (C=O) groups excluding carboxylic acids is 1. The summed E-state index contributed by atoms with van der Waals surface area (Å²) in [5.41, 5.74) is 0. The minimum atomic E-state index is -0.949. The molecule has 0 aromatic carbocycles. The van der Waals surface area contributed by atoms with Gasteiger partial charge in [-0.05, 0) is 5.92 Å². The van der Waals surface area contributed by atoms with Crippen molar-refractivity contribution in [1.82, 2.24) is 0 Å². The van der Waals surface area contributed by atoms with Crippen molar-refractivity contribution in [3.8, 4) is 0 Å². The van der Waals surface area contributed by atoms with Gasteiger partial charge in [-0.15, -0.1) is 0 Å². The van der Waals surface area contributed by atoms with E-state index in [2.05, 4.69) is 4.74 Å². The predicted molar refractivity (Wildman–Crippen MR) is 42.1 cm³/mol. The predicted octanol–water partition coefficient (Wildman–Crippen LogP) is 0.956. The first-order chi connectivity index (χ1) is 5.17. The number of aliphatic hydroxyl groups excluding tert-OH is 1. The van der Waals surface area contributed by atoms with Gasteiger partial charge in [0.1, 0.15) is 0 Å². The van der Waals surface area contributed by atoms with Gasteiger partial charge in [-0.2, -0.15) is 0 Å². The van der Waals surface area contributed by atoms with Crippen molar-refractivity contribution in [2.75, 3.05) is 7.11 Å². The fourth-order valence-corrected chi connectivity index (χ4v) is 1.05. The van der Waals surface area contributed by atoms with Crippen molar-refractivity contribution in [3.05, 3.63) is 0 Å². The standard InChI is InChI=1S/C8H16O3/c1-4-6(5-2)7(9)8(10)11-3/h6-7,9H,4-5H2,1-3H3/t7-/m0/s1. The first-order valence-corrected chi connectivity index (χ1v) is 3.93. The van der Waals surface area contributed by atoms with Gasteiger partial charge in [0.15, 0.2) is 6.10 Å². The van der Waals surface area contributed by atoms with Crippen LogP contribution in [0.4, 0.5) is 0 Å². The topological polar surface area (TPSA) is 46.5 Å². The molecule has 0 unspecified atom stereocenters. The molecule has 0 spiro atoms. The van der Waals surface area contributed by atoms with E-state index in [0.29, 0.717) is 0 Å². The quantitative estimate of drug-likeness (QED) is 0.623. The van der Waals surface area contributed by atoms with Gasteiger partial charge < -0.3 is 9.84 Å². The Balaban J connectivity index is 3.97. The molecule has 0 saturated carbocycles. The molecular weight excluding hydrogens is 144 g/mol. The molecule has 0 aliphatic heterocycles. The Labute approximate surface area is 67.4 Å². The highest BCUT2D eigenvalue weighted by atomic mass is 16.5. The summed E-state index contributed by atoms with van der Waals surface area (Å²) in [6.45, 7) is 3.89. The van der Waals surface area contributed by atoms with E-state index in [4.69, 9.17) is 0 Å². The largest absolute Gasteiger partial charge is 0.467 e. The van der Waals surface area contributed by atoms with E-state index in [1.54, 1.807) is 0 Å². The van der Waals surface area contributed by atoms with Crippen LogP contribution in [-0.2, 0) is 9.53 Å². The molecule has 0 heterocycles. The van der Waals surface area contributed by atoms with Crippen molar-refractivity contribution in [2.45, 2.75) is 32.8 Å². The van der Waals surface area contributed by atoms with Gasteiger partial charge in [0.05, 0.1) is 7.11 Å². The monoisotopic (exact) mass is 160 g/mol. The zero-order valence-corrected chi connectivity index (χ0v) is 7.33. The normalized spacial score (nSPS) is 13.2. The SMILES string of the molecule is CCC(CC)[C@H](O)C(=O)OC. The molecule has 11 heavy (non-hydrogen) atoms. The van der Waals surface area contributed by atoms with E-state index < -0.39 is 12.1 Å². The summed E-state index contributed by atoms with van der Waals surface area (Å²) in [5.74, 6) is -0.499. The Bertz CT molecular complexity index is 119. The van der Waals surface area contributed by atoms with Crippen molar-refractivity contribution in [3.63, 3.8) is 0 Å². The first-order valence-electron chi connectivity index (χ1n) is 3.93. The van der Waals surface area contributed by atoms with Crippen LogP contribution in [0.25, 0.3) is 0 Å². The summed E-state index contributed by atoms with van der Waals surface area (Å²) in [6, 6.07) is 0. The maximum atomic E-state index is 10.8. The lowest BCUT2D eigenvalue weighted by Gasteiger charge is -2.16. The Kier molecular flexibility index (Phi) is 4.86. The molecule has 0 bridgehead atoms. The zero-order valence-electron chi connectivity index (χ0n) is 7.33. The number of aliphatic hydroxyl groups is 1. The Morgan fingerprint density at radius 1 is 1.45 bits per heavy atom. The molecule has 1 N–H and O–H groups in total. The maximum absolute atomic E-state index is 10.8. The molecule has 0 amide bonds. The van der Waals surface area contributed by atoms with Gasteiger partial charge in [-0.25, -0.2) is 4.79 Å². The summed E-state index contributed by atoms with van der Waals surface area (Å²) in [4.78, 5) is 10.8. The number of ether oxygens (including phenoxy) is 1. The maximum Gasteiger partial charge on any atom is 0.334 e. The lowest BCUT2D eigenvalue weighted by Crippen LogP contribution is -2.29. The summed E-state index contributed by atoms with van der Waals surface area (Å²) >= 11 is 0. The lowest BCUT2D eigenvalue weighted by atomic mass is 9.97. The molecule has 3 heteroatoms. The molecule has 0 saturated heterocycles. The number of hydrogen-bond acceptors (Lipinski definition) is 3. The van der Waals surface area contributed by atoms with E-state index >= 15 is 0 Å². The number of hydrogen-bond donors (Lipinski definition) is 1. The van der Waals surface area contributed by atoms with Crippen LogP contribution in [0.5, 0.6) is 0 Å². The van der Waals surface area contributed by atoms with Crippen molar-refractivity contribution < 1.29 is 14.6 Å². The van der Waals surface area contributed by atoms with Gasteiger partial charge in [0.2, 0.25) is 0 Å². The highest BCUT2D eigenvalue weighted by molar-refractivity contribution is 5.74. The second-order valence-electron chi connectivity index (χ2n) is 2.54. The van der Waals surface area contributed by atoms with E-state index in [1.807, 2.05) is 13.8 Å². The highest BCUT2D eigenvalue weighted by Crippen LogP contribution is 2.13. The van der Waals surface area contributed by atoms with Gasteiger partial charge in [0.25, 0.3) is 0 Å². The number of methoxy groups -OCH3 is 1. The molecule has 0 rings (SSSR count). The van der Waals surface area contributed by atoms with E-state index in [1.165, 1.54) is 7.11 Å². The molecule has 0 radical (unpaired) electrons. The number of rotatable bonds is 4. The number of carbonyl (C=O) groups is 1. The van der Waals surface area contributed by atoms with Gasteiger partial charge in [-0.1, -0.05) is 26.7 Å². The van der Waals surface area contributed by atoms with Crippen molar-refractivity contribution in [1.29, 1.82) is 0 Å². The van der Waals surface area contributed by atoms with E-state index in [0.717, 1.165) is 12.8 Å². The second kappa shape index (κ2) is 5.13. The molecule has 0 fully saturated rings. The molecule has 0 aromatic rings. The summed E-state index contributed by atoms with van der Waals surface area (Å²) < 4.78 is 4.41. The summed E-state index contributed by atoms with van der Waals surface area (Å²) in [7, 11) is 1.29. The smallest absolute Gasteiger partial charge is 0.334 e. The Hall–Kier alpha value is -0.570. The minimum Gasteiger partial charge on any atom is -0.467 e. The fourth-order valence-electron chi connectivity index (χ4n) is 1.05. The molecule has 3 nitrogen and oxygen atoms in total. The van der Waals surface area contributed by atoms with Crippen molar-refractivity contribution in [2.24, 2.45) is 5.92 Å². The lowest BCUT2D eigenvalue weighted by molar-refractivity contribution is -0.153. The average Bonchev–Trinajstić information content (AvgIpc) is 2.05. The first kappa shape index (κ1) is 10.4. The van der Waals surface area contributed by atoms with Crippen molar-refractivity contribution >= 4 is 5.97 Å². The van der Waals surface area contributed by atoms with Crippen LogP contribution < -0.4 is 0 Å². The third-order valence-electron chi connectivity index (χ3n) is 1.94. The van der Waals surface area contributed by atoms with Crippen LogP contribution in [0, 0.1) is 5.92 Å². The molecule has 0 aliphatic carbocycles. The fraction of sp³-hybridized carbons (Fsp3) is 0.875. The highest BCUT2D eigenvalue weighted by Gasteiger charge is 2.23. The average molecular weight is 160 g/mol. The van der Waals surface area contributed by atoms with Crippen LogP contribution >= 0.6 is 0 Å². The Morgan fingerprint density at radius 3 is 2.18 bits per heavy atom. The third-order valence-corrected chi connectivity index (χ3v) is 1.94. The van der Waals surface area contributed by atoms with Crippen LogP contribution in [0.2, 0.25) is 0 Å². The molecule has 66 valence electrons. The minimum absolute atomic E-state index is 0.0300.